The van der Waals surface area contributed by atoms with Gasteiger partial charge in [0.15, 0.2) is 11.6 Å². The molecule has 0 bridgehead atoms. The number of nitrogens with one attached hydrogen (secondary N) is 1. The molecule has 2 aromatic rings. The molecule has 0 aliphatic carbocycles. The Bertz CT molecular complexity index is 513. The van der Waals surface area contributed by atoms with Crippen molar-refractivity contribution in [1.29, 1.82) is 0 Å². The highest BCUT2D eigenvalue weighted by Crippen LogP contribution is 2.19. The van der Waals surface area contributed by atoms with E-state index in [9.17, 15) is 4.39 Å². The summed E-state index contributed by atoms with van der Waals surface area (Å²) in [5, 5.41) is 2.85. The third-order valence-electron chi connectivity index (χ3n) is 2.11. The molecule has 0 unspecified atom stereocenters. The largest absolute Gasteiger partial charge is 0.399 e. The molecule has 4 nitrogen and oxygen atoms in total. The molecular weight excluding hydrogens is 207 g/mol. The monoisotopic (exact) mass is 218 g/mol. The number of nitrogens with two attached hydrogens (primary N) is 1. The summed E-state index contributed by atoms with van der Waals surface area (Å²) in [4.78, 5) is 7.57. The van der Waals surface area contributed by atoms with Gasteiger partial charge >= 0.3 is 0 Å². The van der Waals surface area contributed by atoms with Gasteiger partial charge in [-0.2, -0.15) is 0 Å². The zero-order valence-corrected chi connectivity index (χ0v) is 8.74. The van der Waals surface area contributed by atoms with Crippen molar-refractivity contribution in [3.8, 4) is 0 Å². The second kappa shape index (κ2) is 4.14. The van der Waals surface area contributed by atoms with Crippen LogP contribution in [0.5, 0.6) is 0 Å². The number of halogens is 1. The molecular formula is C11H11FN4. The minimum Gasteiger partial charge on any atom is -0.399 e. The highest BCUT2D eigenvalue weighted by molar-refractivity contribution is 5.61. The van der Waals surface area contributed by atoms with Gasteiger partial charge in [-0.3, -0.25) is 0 Å². The Labute approximate surface area is 92.3 Å². The fourth-order valence-corrected chi connectivity index (χ4v) is 1.30. The number of aromatic nitrogens is 2. The maximum atomic E-state index is 13.6. The zero-order valence-electron chi connectivity index (χ0n) is 8.74. The van der Waals surface area contributed by atoms with E-state index in [0.29, 0.717) is 17.1 Å². The Hall–Kier alpha value is -2.17. The second-order valence-corrected chi connectivity index (χ2v) is 3.37. The number of anilines is 3. The van der Waals surface area contributed by atoms with E-state index in [1.54, 1.807) is 31.2 Å². The van der Waals surface area contributed by atoms with Crippen LogP contribution in [0.15, 0.2) is 30.6 Å². The minimum atomic E-state index is -0.454. The number of benzene rings is 1. The van der Waals surface area contributed by atoms with Crippen LogP contribution >= 0.6 is 0 Å². The highest BCUT2D eigenvalue weighted by Gasteiger charge is 2.07. The van der Waals surface area contributed by atoms with E-state index >= 15 is 0 Å². The molecule has 0 spiro atoms. The van der Waals surface area contributed by atoms with Crippen LogP contribution in [0.2, 0.25) is 0 Å². The normalized spacial score (nSPS) is 10.1. The SMILES string of the molecule is Cc1ncnc(Nc2cccc(N)c2)c1F. The lowest BCUT2D eigenvalue weighted by molar-refractivity contribution is 0.607. The van der Waals surface area contributed by atoms with E-state index in [1.165, 1.54) is 6.33 Å². The zero-order chi connectivity index (χ0) is 11.5. The third kappa shape index (κ3) is 2.08. The lowest BCUT2D eigenvalue weighted by Crippen LogP contribution is -2.00. The number of aryl methyl sites for hydroxylation is 1. The van der Waals surface area contributed by atoms with E-state index in [4.69, 9.17) is 5.73 Å². The van der Waals surface area contributed by atoms with Crippen LogP contribution in [0.4, 0.5) is 21.6 Å². The summed E-state index contributed by atoms with van der Waals surface area (Å²) >= 11 is 0. The topological polar surface area (TPSA) is 63.8 Å². The number of hydrogen-bond donors (Lipinski definition) is 2. The predicted molar refractivity (Wildman–Crippen MR) is 60.9 cm³/mol. The van der Waals surface area contributed by atoms with Gasteiger partial charge in [-0.05, 0) is 25.1 Å². The molecule has 0 atom stereocenters. The summed E-state index contributed by atoms with van der Waals surface area (Å²) in [5.74, 6) is -0.303. The van der Waals surface area contributed by atoms with Crippen LogP contribution in [0.3, 0.4) is 0 Å². The molecule has 0 amide bonds. The molecule has 0 aliphatic heterocycles. The van der Waals surface area contributed by atoms with Crippen LogP contribution in [-0.2, 0) is 0 Å². The Morgan fingerprint density at radius 1 is 1.31 bits per heavy atom. The molecule has 1 aromatic heterocycles. The lowest BCUT2D eigenvalue weighted by atomic mass is 10.3. The number of rotatable bonds is 2. The van der Waals surface area contributed by atoms with Crippen molar-refractivity contribution in [2.24, 2.45) is 0 Å². The standard InChI is InChI=1S/C11H11FN4/c1-7-10(12)11(15-6-14-7)16-9-4-2-3-8(13)5-9/h2-6H,13H2,1H3,(H,14,15,16). The average molecular weight is 218 g/mol. The van der Waals surface area contributed by atoms with Crippen molar-refractivity contribution >= 4 is 17.2 Å². The Balaban J connectivity index is 2.31. The van der Waals surface area contributed by atoms with Gasteiger partial charge in [-0.1, -0.05) is 6.07 Å². The van der Waals surface area contributed by atoms with Crippen molar-refractivity contribution in [3.63, 3.8) is 0 Å². The van der Waals surface area contributed by atoms with E-state index in [1.807, 2.05) is 0 Å². The summed E-state index contributed by atoms with van der Waals surface area (Å²) in [7, 11) is 0. The molecule has 82 valence electrons. The first-order valence-corrected chi connectivity index (χ1v) is 4.76. The van der Waals surface area contributed by atoms with E-state index in [2.05, 4.69) is 15.3 Å². The third-order valence-corrected chi connectivity index (χ3v) is 2.11. The molecule has 0 aliphatic rings. The molecule has 1 aromatic carbocycles. The van der Waals surface area contributed by atoms with Crippen molar-refractivity contribution in [1.82, 2.24) is 9.97 Å². The summed E-state index contributed by atoms with van der Waals surface area (Å²) in [5.41, 5.74) is 7.22. The van der Waals surface area contributed by atoms with Gasteiger partial charge in [-0.25, -0.2) is 14.4 Å². The average Bonchev–Trinajstić information content (AvgIpc) is 2.25. The molecule has 0 fully saturated rings. The van der Waals surface area contributed by atoms with Gasteiger partial charge in [-0.15, -0.1) is 0 Å². The van der Waals surface area contributed by atoms with Crippen molar-refractivity contribution in [3.05, 3.63) is 42.1 Å². The molecule has 0 saturated carbocycles. The number of nitrogens with zero attached hydrogens (tertiary/aromatic N) is 2. The first-order valence-electron chi connectivity index (χ1n) is 4.76. The van der Waals surface area contributed by atoms with Crippen molar-refractivity contribution in [2.45, 2.75) is 6.92 Å². The summed E-state index contributed by atoms with van der Waals surface area (Å²) < 4.78 is 13.6. The Morgan fingerprint density at radius 2 is 2.12 bits per heavy atom. The van der Waals surface area contributed by atoms with Crippen LogP contribution < -0.4 is 11.1 Å². The molecule has 1 heterocycles. The van der Waals surface area contributed by atoms with Gasteiger partial charge < -0.3 is 11.1 Å². The molecule has 5 heteroatoms. The van der Waals surface area contributed by atoms with Crippen LogP contribution in [0.1, 0.15) is 5.69 Å². The smallest absolute Gasteiger partial charge is 0.186 e. The molecule has 16 heavy (non-hydrogen) atoms. The minimum absolute atomic E-state index is 0.151. The van der Waals surface area contributed by atoms with E-state index in [0.717, 1.165) is 0 Å². The van der Waals surface area contributed by atoms with E-state index < -0.39 is 5.82 Å². The van der Waals surface area contributed by atoms with Gasteiger partial charge in [0.1, 0.15) is 6.33 Å². The Morgan fingerprint density at radius 3 is 2.88 bits per heavy atom. The maximum absolute atomic E-state index is 13.6. The van der Waals surface area contributed by atoms with E-state index in [-0.39, 0.29) is 5.82 Å². The van der Waals surface area contributed by atoms with Gasteiger partial charge in [0, 0.05) is 11.4 Å². The quantitative estimate of drug-likeness (QED) is 0.759. The summed E-state index contributed by atoms with van der Waals surface area (Å²) in [6.45, 7) is 1.58. The van der Waals surface area contributed by atoms with Gasteiger partial charge in [0.25, 0.3) is 0 Å². The maximum Gasteiger partial charge on any atom is 0.186 e. The molecule has 2 rings (SSSR count). The second-order valence-electron chi connectivity index (χ2n) is 3.37. The van der Waals surface area contributed by atoms with Crippen molar-refractivity contribution < 1.29 is 4.39 Å². The van der Waals surface area contributed by atoms with Crippen LogP contribution in [0, 0.1) is 12.7 Å². The first kappa shape index (κ1) is 10.4. The first-order chi connectivity index (χ1) is 7.66. The molecule has 0 radical (unpaired) electrons. The summed E-state index contributed by atoms with van der Waals surface area (Å²) in [6, 6.07) is 7.03. The fraction of sp³-hybridized carbons (Fsp3) is 0.0909. The Kier molecular flexibility index (Phi) is 2.68. The molecule has 0 saturated heterocycles. The van der Waals surface area contributed by atoms with Gasteiger partial charge in [0.2, 0.25) is 0 Å². The van der Waals surface area contributed by atoms with Crippen LogP contribution in [-0.4, -0.2) is 9.97 Å². The molecule has 3 N–H and O–H groups in total. The van der Waals surface area contributed by atoms with Crippen LogP contribution in [0.25, 0.3) is 0 Å². The highest BCUT2D eigenvalue weighted by atomic mass is 19.1. The summed E-state index contributed by atoms with van der Waals surface area (Å²) in [6.07, 6.45) is 1.31. The van der Waals surface area contributed by atoms with Crippen molar-refractivity contribution in [2.75, 3.05) is 11.1 Å². The van der Waals surface area contributed by atoms with Gasteiger partial charge in [0.05, 0.1) is 5.69 Å². The number of nitrogen functional groups attached to an aromatic ring is 1. The lowest BCUT2D eigenvalue weighted by Gasteiger charge is -2.07. The predicted octanol–water partition coefficient (Wildman–Crippen LogP) is 2.25. The number of hydrogen-bond acceptors (Lipinski definition) is 4. The fourth-order valence-electron chi connectivity index (χ4n) is 1.30.